The molecule has 0 spiro atoms. The summed E-state index contributed by atoms with van der Waals surface area (Å²) < 4.78 is 1.15. The van der Waals surface area contributed by atoms with Crippen LogP contribution in [0.4, 0.5) is 0 Å². The van der Waals surface area contributed by atoms with Gasteiger partial charge in [-0.05, 0) is 19.3 Å². The normalized spacial score (nSPS) is 12.6. The molecule has 1 aromatic rings. The summed E-state index contributed by atoms with van der Waals surface area (Å²) in [6.07, 6.45) is 21.0. The van der Waals surface area contributed by atoms with Gasteiger partial charge in [0.25, 0.3) is 0 Å². The Morgan fingerprint density at radius 2 is 1.07 bits per heavy atom. The van der Waals surface area contributed by atoms with Gasteiger partial charge in [-0.3, -0.25) is 0 Å². The van der Waals surface area contributed by atoms with Crippen molar-refractivity contribution in [3.63, 3.8) is 0 Å². The van der Waals surface area contributed by atoms with Gasteiger partial charge in [0.2, 0.25) is 0 Å². The number of hydrogen-bond acceptors (Lipinski definition) is 0. The molecule has 0 aromatic heterocycles. The number of rotatable bonds is 18. The molecule has 0 heterocycles. The summed E-state index contributed by atoms with van der Waals surface area (Å²) in [5.41, 5.74) is 1.54. The molecule has 0 bridgehead atoms. The summed E-state index contributed by atoms with van der Waals surface area (Å²) in [5, 5.41) is 0. The first-order chi connectivity index (χ1) is 13.6. The quantitative estimate of drug-likeness (QED) is 0.210. The van der Waals surface area contributed by atoms with Crippen LogP contribution in [-0.4, -0.2) is 25.1 Å². The second kappa shape index (κ2) is 18.3. The fraction of sp³-hybridized carbons (Fsp3) is 0.778. The van der Waals surface area contributed by atoms with Gasteiger partial charge >= 0.3 is 0 Å². The lowest BCUT2D eigenvalue weighted by atomic mass is 9.96. The van der Waals surface area contributed by atoms with Crippen molar-refractivity contribution < 1.29 is 16.9 Å². The van der Waals surface area contributed by atoms with E-state index in [9.17, 15) is 0 Å². The maximum Gasteiger partial charge on any atom is 0.114 e. The molecule has 1 nitrogen and oxygen atoms in total. The number of unbranched alkanes of at least 4 members (excludes halogenated alkanes) is 12. The lowest BCUT2D eigenvalue weighted by Gasteiger charge is -2.39. The van der Waals surface area contributed by atoms with Crippen LogP contribution < -0.4 is 12.4 Å². The van der Waals surface area contributed by atoms with E-state index in [2.05, 4.69) is 58.3 Å². The van der Waals surface area contributed by atoms with Crippen LogP contribution in [0.5, 0.6) is 0 Å². The minimum Gasteiger partial charge on any atom is -1.00 e. The van der Waals surface area contributed by atoms with Gasteiger partial charge in [-0.2, -0.15) is 0 Å². The fourth-order valence-corrected chi connectivity index (χ4v) is 4.52. The lowest BCUT2D eigenvalue weighted by molar-refractivity contribution is -0.921. The van der Waals surface area contributed by atoms with Crippen molar-refractivity contribution in [3.05, 3.63) is 35.9 Å². The second-order valence-electron chi connectivity index (χ2n) is 9.46. The summed E-state index contributed by atoms with van der Waals surface area (Å²) in [6.45, 7) is 5.91. The van der Waals surface area contributed by atoms with E-state index in [1.807, 2.05) is 0 Å². The van der Waals surface area contributed by atoms with Crippen LogP contribution in [0.25, 0.3) is 0 Å². The zero-order valence-electron chi connectivity index (χ0n) is 20.1. The standard InChI is InChI=1S/C27H50N.ClH/c1-5-7-9-11-13-14-16-21-25-28(3,4)27(26-22-18-17-19-23-26)24-20-15-12-10-8-6-2;/h17-19,22-23,27H,5-16,20-21,24-25H2,1-4H3;1H/q+1;/p-1. The maximum absolute atomic E-state index is 2.47. The Labute approximate surface area is 189 Å². The minimum atomic E-state index is 0. The summed E-state index contributed by atoms with van der Waals surface area (Å²) in [4.78, 5) is 0. The average molecular weight is 424 g/mol. The zero-order valence-corrected chi connectivity index (χ0v) is 20.9. The molecular formula is C27H50ClN. The van der Waals surface area contributed by atoms with Crippen LogP contribution >= 0.6 is 0 Å². The van der Waals surface area contributed by atoms with Gasteiger partial charge in [-0.15, -0.1) is 0 Å². The second-order valence-corrected chi connectivity index (χ2v) is 9.46. The predicted molar refractivity (Wildman–Crippen MR) is 127 cm³/mol. The van der Waals surface area contributed by atoms with Crippen LogP contribution in [0.1, 0.15) is 122 Å². The summed E-state index contributed by atoms with van der Waals surface area (Å²) in [6, 6.07) is 12.0. The average Bonchev–Trinajstić information content (AvgIpc) is 2.70. The smallest absolute Gasteiger partial charge is 0.114 e. The number of nitrogens with zero attached hydrogens (tertiary/aromatic N) is 1. The van der Waals surface area contributed by atoms with E-state index >= 15 is 0 Å². The SMILES string of the molecule is CCCCCCCCCC[N+](C)(C)C(CCCCCCCC)c1ccccc1.[Cl-]. The van der Waals surface area contributed by atoms with E-state index < -0.39 is 0 Å². The molecule has 0 aliphatic carbocycles. The molecule has 29 heavy (non-hydrogen) atoms. The van der Waals surface area contributed by atoms with Gasteiger partial charge in [-0.25, -0.2) is 0 Å². The molecule has 1 unspecified atom stereocenters. The number of hydrogen-bond donors (Lipinski definition) is 0. The Balaban J connectivity index is 0.00000784. The summed E-state index contributed by atoms with van der Waals surface area (Å²) >= 11 is 0. The van der Waals surface area contributed by atoms with Crippen LogP contribution in [0.15, 0.2) is 30.3 Å². The molecule has 0 saturated heterocycles. The van der Waals surface area contributed by atoms with E-state index in [4.69, 9.17) is 0 Å². The molecule has 1 aromatic carbocycles. The van der Waals surface area contributed by atoms with E-state index in [1.165, 1.54) is 103 Å². The zero-order chi connectivity index (χ0) is 20.5. The highest BCUT2D eigenvalue weighted by Crippen LogP contribution is 2.31. The highest BCUT2D eigenvalue weighted by molar-refractivity contribution is 5.17. The topological polar surface area (TPSA) is 0 Å². The van der Waals surface area contributed by atoms with Crippen molar-refractivity contribution >= 4 is 0 Å². The highest BCUT2D eigenvalue weighted by Gasteiger charge is 2.28. The van der Waals surface area contributed by atoms with Gasteiger partial charge in [0, 0.05) is 12.0 Å². The third kappa shape index (κ3) is 13.4. The molecule has 0 amide bonds. The Kier molecular flexibility index (Phi) is 17.9. The van der Waals surface area contributed by atoms with E-state index in [-0.39, 0.29) is 12.4 Å². The molecule has 0 radical (unpaired) electrons. The fourth-order valence-electron chi connectivity index (χ4n) is 4.52. The number of benzene rings is 1. The molecule has 0 saturated carbocycles. The summed E-state index contributed by atoms with van der Waals surface area (Å²) in [5.74, 6) is 0. The van der Waals surface area contributed by atoms with Gasteiger partial charge in [0.05, 0.1) is 20.6 Å². The van der Waals surface area contributed by atoms with Crippen LogP contribution in [0, 0.1) is 0 Å². The molecule has 1 rings (SSSR count). The predicted octanol–water partition coefficient (Wildman–Crippen LogP) is 5.70. The van der Waals surface area contributed by atoms with Gasteiger partial charge in [0.1, 0.15) is 6.04 Å². The molecular weight excluding hydrogens is 374 g/mol. The number of halogens is 1. The summed E-state index contributed by atoms with van der Waals surface area (Å²) in [7, 11) is 4.94. The Hall–Kier alpha value is -0.530. The first kappa shape index (κ1) is 28.5. The largest absolute Gasteiger partial charge is 1.00 e. The molecule has 0 aliphatic rings. The first-order valence-corrected chi connectivity index (χ1v) is 12.5. The molecule has 0 aliphatic heterocycles. The van der Waals surface area contributed by atoms with Crippen molar-refractivity contribution in [1.29, 1.82) is 0 Å². The van der Waals surface area contributed by atoms with Gasteiger partial charge in [-0.1, -0.05) is 115 Å². The Bertz CT molecular complexity index is 457. The third-order valence-corrected chi connectivity index (χ3v) is 6.45. The van der Waals surface area contributed by atoms with Crippen molar-refractivity contribution in [1.82, 2.24) is 0 Å². The van der Waals surface area contributed by atoms with Crippen molar-refractivity contribution in [2.45, 2.75) is 116 Å². The molecule has 170 valence electrons. The minimum absolute atomic E-state index is 0. The van der Waals surface area contributed by atoms with E-state index in [1.54, 1.807) is 5.56 Å². The van der Waals surface area contributed by atoms with Gasteiger partial charge in [0.15, 0.2) is 0 Å². The van der Waals surface area contributed by atoms with Crippen molar-refractivity contribution in [2.24, 2.45) is 0 Å². The monoisotopic (exact) mass is 423 g/mol. The highest BCUT2D eigenvalue weighted by atomic mass is 35.5. The molecule has 2 heteroatoms. The first-order valence-electron chi connectivity index (χ1n) is 12.5. The lowest BCUT2D eigenvalue weighted by Crippen LogP contribution is -3.00. The molecule has 0 N–H and O–H groups in total. The van der Waals surface area contributed by atoms with Crippen LogP contribution in [-0.2, 0) is 0 Å². The van der Waals surface area contributed by atoms with Crippen molar-refractivity contribution in [3.8, 4) is 0 Å². The molecule has 1 atom stereocenters. The van der Waals surface area contributed by atoms with E-state index in [0.29, 0.717) is 6.04 Å². The van der Waals surface area contributed by atoms with Crippen LogP contribution in [0.3, 0.4) is 0 Å². The third-order valence-electron chi connectivity index (χ3n) is 6.45. The van der Waals surface area contributed by atoms with Gasteiger partial charge < -0.3 is 16.9 Å². The maximum atomic E-state index is 2.47. The Morgan fingerprint density at radius 1 is 0.621 bits per heavy atom. The molecule has 0 fully saturated rings. The van der Waals surface area contributed by atoms with E-state index in [0.717, 1.165) is 4.48 Å². The Morgan fingerprint density at radius 3 is 1.59 bits per heavy atom. The van der Waals surface area contributed by atoms with Crippen LogP contribution in [0.2, 0.25) is 0 Å². The number of quaternary nitrogens is 1. The van der Waals surface area contributed by atoms with Crippen molar-refractivity contribution in [2.75, 3.05) is 20.6 Å².